The number of aliphatic carboxylic acids is 1. The maximum absolute atomic E-state index is 11.8. The Labute approximate surface area is 124 Å². The first-order chi connectivity index (χ1) is 9.45. The number of carbonyl (C=O) groups is 2. The first kappa shape index (κ1) is 13.7. The summed E-state index contributed by atoms with van der Waals surface area (Å²) in [5.41, 5.74) is -1.18. The summed E-state index contributed by atoms with van der Waals surface area (Å²) in [5.74, 6) is -0.212. The van der Waals surface area contributed by atoms with Crippen LogP contribution in [0.2, 0.25) is 0 Å². The Balaban J connectivity index is 1.94. The average molecular weight is 315 g/mol. The lowest BCUT2D eigenvalue weighted by molar-refractivity contribution is -0.155. The van der Waals surface area contributed by atoms with Crippen LogP contribution in [0.25, 0.3) is 0 Å². The van der Waals surface area contributed by atoms with Crippen LogP contribution in [0, 0.1) is 5.41 Å². The van der Waals surface area contributed by atoms with Crippen molar-refractivity contribution in [2.75, 3.05) is 12.3 Å². The van der Waals surface area contributed by atoms with Gasteiger partial charge in [0.1, 0.15) is 5.41 Å². The van der Waals surface area contributed by atoms with E-state index >= 15 is 0 Å². The number of amides is 1. The van der Waals surface area contributed by atoms with Gasteiger partial charge in [0.25, 0.3) is 0 Å². The van der Waals surface area contributed by atoms with Crippen molar-refractivity contribution < 1.29 is 14.7 Å². The Hall–Kier alpha value is -1.29. The zero-order chi connectivity index (χ0) is 14.5. The van der Waals surface area contributed by atoms with Crippen LogP contribution in [0.3, 0.4) is 0 Å². The van der Waals surface area contributed by atoms with Crippen molar-refractivity contribution in [1.82, 2.24) is 25.1 Å². The topological polar surface area (TPSA) is 101 Å². The molecule has 1 aromatic heterocycles. The van der Waals surface area contributed by atoms with Crippen molar-refractivity contribution in [3.63, 3.8) is 0 Å². The maximum atomic E-state index is 11.8. The quantitative estimate of drug-likeness (QED) is 0.576. The Morgan fingerprint density at radius 1 is 1.65 bits per heavy atom. The van der Waals surface area contributed by atoms with E-state index in [-0.39, 0.29) is 17.8 Å². The van der Waals surface area contributed by atoms with Crippen molar-refractivity contribution in [2.45, 2.75) is 17.0 Å². The number of carbonyl (C=O) groups excluding carboxylic acids is 1. The third kappa shape index (κ3) is 1.81. The molecule has 1 N–H and O–H groups in total. The highest BCUT2D eigenvalue weighted by atomic mass is 32.2. The van der Waals surface area contributed by atoms with E-state index in [1.54, 1.807) is 11.9 Å². The number of aryl methyl sites for hydroxylation is 1. The van der Waals surface area contributed by atoms with Gasteiger partial charge in [-0.1, -0.05) is 0 Å². The summed E-state index contributed by atoms with van der Waals surface area (Å²) < 4.78 is 1.41. The number of fused-ring (bicyclic) bond motifs is 1. The number of carboxylic acids is 1. The van der Waals surface area contributed by atoms with Gasteiger partial charge < -0.3 is 10.0 Å². The molecule has 0 bridgehead atoms. The number of rotatable bonds is 3. The number of aromatic nitrogens is 4. The molecule has 1 amide bonds. The summed E-state index contributed by atoms with van der Waals surface area (Å²) in [5, 5.41) is 20.2. The van der Waals surface area contributed by atoms with E-state index in [4.69, 9.17) is 0 Å². The molecule has 0 saturated carbocycles. The molecule has 2 unspecified atom stereocenters. The van der Waals surface area contributed by atoms with Crippen molar-refractivity contribution in [3.05, 3.63) is 5.82 Å². The highest BCUT2D eigenvalue weighted by molar-refractivity contribution is 8.00. The standard InChI is InChI=1S/C10H13N5O3S2/c1-14-8(11-12-13-14)7(19)10(9(17)18)3-15-5(16)2-6(15)20-4-10/h6-7,19H,2-4H2,1H3,(H,17,18)/t6-,7?,10?/m1/s1. The van der Waals surface area contributed by atoms with E-state index in [1.807, 2.05) is 0 Å². The lowest BCUT2D eigenvalue weighted by atomic mass is 9.83. The molecule has 2 fully saturated rings. The summed E-state index contributed by atoms with van der Waals surface area (Å²) in [6.45, 7) is 0.153. The van der Waals surface area contributed by atoms with Gasteiger partial charge in [0, 0.05) is 19.3 Å². The second-order valence-corrected chi connectivity index (χ2v) is 6.70. The number of hydrogen-bond acceptors (Lipinski definition) is 7. The Bertz CT molecular complexity index is 579. The molecule has 2 aliphatic heterocycles. The van der Waals surface area contributed by atoms with E-state index in [2.05, 4.69) is 28.2 Å². The second kappa shape index (κ2) is 4.62. The number of thioether (sulfide) groups is 1. The van der Waals surface area contributed by atoms with Crippen LogP contribution >= 0.6 is 24.4 Å². The van der Waals surface area contributed by atoms with Crippen LogP contribution < -0.4 is 0 Å². The van der Waals surface area contributed by atoms with Crippen LogP contribution in [0.15, 0.2) is 0 Å². The predicted octanol–water partition coefficient (Wildman–Crippen LogP) is -0.443. The summed E-state index contributed by atoms with van der Waals surface area (Å²) >= 11 is 5.93. The summed E-state index contributed by atoms with van der Waals surface area (Å²) in [6.07, 6.45) is 0.489. The van der Waals surface area contributed by atoms with Crippen molar-refractivity contribution in [1.29, 1.82) is 0 Å². The number of carboxylic acid groups (broad SMARTS) is 1. The monoisotopic (exact) mass is 315 g/mol. The largest absolute Gasteiger partial charge is 0.481 e. The Kier molecular flexibility index (Phi) is 3.16. The molecule has 1 aromatic rings. The molecule has 0 spiro atoms. The minimum absolute atomic E-state index is 0.00977. The summed E-state index contributed by atoms with van der Waals surface area (Å²) in [6, 6.07) is 0. The SMILES string of the molecule is Cn1nnnc1C(S)C1(C(=O)O)CS[C@@H]2CC(=O)N2C1. The fraction of sp³-hybridized carbons (Fsp3) is 0.700. The third-order valence-corrected chi connectivity index (χ3v) is 6.06. The second-order valence-electron chi connectivity index (χ2n) is 5.02. The zero-order valence-electron chi connectivity index (χ0n) is 10.6. The van der Waals surface area contributed by atoms with E-state index in [1.165, 1.54) is 16.4 Å². The molecule has 108 valence electrons. The lowest BCUT2D eigenvalue weighted by Crippen LogP contribution is -2.62. The van der Waals surface area contributed by atoms with Crippen molar-refractivity contribution in [3.8, 4) is 0 Å². The normalized spacial score (nSPS) is 30.6. The number of tetrazole rings is 1. The third-order valence-electron chi connectivity index (χ3n) is 3.85. The first-order valence-electron chi connectivity index (χ1n) is 6.00. The lowest BCUT2D eigenvalue weighted by Gasteiger charge is -2.51. The molecule has 8 nitrogen and oxygen atoms in total. The molecule has 2 aliphatic rings. The predicted molar refractivity (Wildman–Crippen MR) is 73.2 cm³/mol. The van der Waals surface area contributed by atoms with Gasteiger partial charge in [-0.05, 0) is 10.4 Å². The molecular weight excluding hydrogens is 302 g/mol. The highest BCUT2D eigenvalue weighted by Crippen LogP contribution is 2.49. The van der Waals surface area contributed by atoms with E-state index in [0.29, 0.717) is 18.0 Å². The molecule has 0 aliphatic carbocycles. The molecule has 10 heteroatoms. The van der Waals surface area contributed by atoms with E-state index < -0.39 is 16.6 Å². The Morgan fingerprint density at radius 2 is 2.40 bits per heavy atom. The van der Waals surface area contributed by atoms with Gasteiger partial charge in [-0.2, -0.15) is 12.6 Å². The fourth-order valence-electron chi connectivity index (χ4n) is 2.49. The summed E-state index contributed by atoms with van der Waals surface area (Å²) in [7, 11) is 1.64. The van der Waals surface area contributed by atoms with Gasteiger partial charge in [-0.3, -0.25) is 9.59 Å². The molecule has 20 heavy (non-hydrogen) atoms. The number of thiol groups is 1. The fourth-order valence-corrected chi connectivity index (χ4v) is 4.61. The van der Waals surface area contributed by atoms with E-state index in [0.717, 1.165) is 0 Å². The molecule has 2 saturated heterocycles. The van der Waals surface area contributed by atoms with Gasteiger partial charge >= 0.3 is 5.97 Å². The van der Waals surface area contributed by atoms with Crippen LogP contribution in [0.1, 0.15) is 17.5 Å². The molecular formula is C10H13N5O3S2. The highest BCUT2D eigenvalue weighted by Gasteiger charge is 2.56. The number of nitrogens with zero attached hydrogens (tertiary/aromatic N) is 5. The number of hydrogen-bond donors (Lipinski definition) is 2. The zero-order valence-corrected chi connectivity index (χ0v) is 12.3. The van der Waals surface area contributed by atoms with Gasteiger partial charge in [-0.25, -0.2) is 4.68 Å². The molecule has 0 radical (unpaired) electrons. The molecule has 3 atom stereocenters. The van der Waals surface area contributed by atoms with Gasteiger partial charge in [-0.15, -0.1) is 16.9 Å². The molecule has 3 rings (SSSR count). The smallest absolute Gasteiger partial charge is 0.313 e. The van der Waals surface area contributed by atoms with Gasteiger partial charge in [0.2, 0.25) is 5.91 Å². The molecule has 3 heterocycles. The van der Waals surface area contributed by atoms with Crippen LogP contribution in [-0.2, 0) is 16.6 Å². The van der Waals surface area contributed by atoms with Crippen molar-refractivity contribution in [2.24, 2.45) is 12.5 Å². The summed E-state index contributed by atoms with van der Waals surface area (Å²) in [4.78, 5) is 25.0. The minimum atomic E-state index is -1.18. The van der Waals surface area contributed by atoms with Crippen molar-refractivity contribution >= 4 is 36.3 Å². The maximum Gasteiger partial charge on any atom is 0.313 e. The Morgan fingerprint density at radius 3 is 2.95 bits per heavy atom. The van der Waals surface area contributed by atoms with Gasteiger partial charge in [0.05, 0.1) is 17.0 Å². The minimum Gasteiger partial charge on any atom is -0.481 e. The first-order valence-corrected chi connectivity index (χ1v) is 7.57. The van der Waals surface area contributed by atoms with Crippen LogP contribution in [0.4, 0.5) is 0 Å². The van der Waals surface area contributed by atoms with E-state index in [9.17, 15) is 14.7 Å². The number of β-lactam (4-membered cyclic amide) rings is 1. The van der Waals surface area contributed by atoms with Crippen LogP contribution in [-0.4, -0.2) is 59.8 Å². The van der Waals surface area contributed by atoms with Gasteiger partial charge in [0.15, 0.2) is 5.82 Å². The molecule has 0 aromatic carbocycles. The van der Waals surface area contributed by atoms with Crippen LogP contribution in [0.5, 0.6) is 0 Å². The average Bonchev–Trinajstić information content (AvgIpc) is 2.83.